The number of rotatable bonds is 4. The van der Waals surface area contributed by atoms with Gasteiger partial charge >= 0.3 is 6.18 Å². The standard InChI is InChI=1S/C13H11F3N4O4/c1-19-10(6-11(18-19)13(14,15)16)12(21)17-8-4-3-7(24-2)5-9(8)20(22)23/h3-6H,1-2H3,(H,17,21). The number of hydrogen-bond donors (Lipinski definition) is 1. The highest BCUT2D eigenvalue weighted by molar-refractivity contribution is 6.04. The van der Waals surface area contributed by atoms with Gasteiger partial charge in [0.25, 0.3) is 11.6 Å². The molecule has 0 radical (unpaired) electrons. The third-order valence-electron chi connectivity index (χ3n) is 3.05. The number of alkyl halides is 3. The molecule has 2 rings (SSSR count). The van der Waals surface area contributed by atoms with Crippen molar-refractivity contribution in [2.75, 3.05) is 12.4 Å². The zero-order valence-electron chi connectivity index (χ0n) is 12.4. The largest absolute Gasteiger partial charge is 0.496 e. The molecular formula is C13H11F3N4O4. The van der Waals surface area contributed by atoms with Crippen LogP contribution in [-0.4, -0.2) is 27.7 Å². The van der Waals surface area contributed by atoms with Gasteiger partial charge in [-0.1, -0.05) is 0 Å². The first kappa shape index (κ1) is 17.2. The molecule has 0 aliphatic heterocycles. The molecule has 0 fully saturated rings. The van der Waals surface area contributed by atoms with Crippen LogP contribution < -0.4 is 10.1 Å². The number of hydrogen-bond acceptors (Lipinski definition) is 5. The van der Waals surface area contributed by atoms with E-state index in [-0.39, 0.29) is 11.4 Å². The van der Waals surface area contributed by atoms with Crippen LogP contribution in [0.4, 0.5) is 24.5 Å². The summed E-state index contributed by atoms with van der Waals surface area (Å²) in [4.78, 5) is 22.4. The van der Waals surface area contributed by atoms with Crippen molar-refractivity contribution in [2.45, 2.75) is 6.18 Å². The van der Waals surface area contributed by atoms with Crippen LogP contribution >= 0.6 is 0 Å². The van der Waals surface area contributed by atoms with Gasteiger partial charge in [-0.15, -0.1) is 0 Å². The summed E-state index contributed by atoms with van der Waals surface area (Å²) in [6.07, 6.45) is -4.71. The minimum Gasteiger partial charge on any atom is -0.496 e. The Kier molecular flexibility index (Phi) is 4.44. The van der Waals surface area contributed by atoms with E-state index in [1.54, 1.807) is 0 Å². The second-order valence-electron chi connectivity index (χ2n) is 4.63. The van der Waals surface area contributed by atoms with Gasteiger partial charge in [-0.2, -0.15) is 18.3 Å². The topological polar surface area (TPSA) is 99.3 Å². The van der Waals surface area contributed by atoms with E-state index in [1.165, 1.54) is 19.2 Å². The summed E-state index contributed by atoms with van der Waals surface area (Å²) in [5, 5.41) is 16.5. The van der Waals surface area contributed by atoms with Gasteiger partial charge in [-0.05, 0) is 12.1 Å². The predicted molar refractivity (Wildman–Crippen MR) is 75.8 cm³/mol. The highest BCUT2D eigenvalue weighted by Gasteiger charge is 2.35. The van der Waals surface area contributed by atoms with E-state index in [1.807, 2.05) is 0 Å². The molecule has 1 N–H and O–H groups in total. The number of nitro benzene ring substituents is 1. The number of aromatic nitrogens is 2. The molecule has 1 heterocycles. The van der Waals surface area contributed by atoms with E-state index >= 15 is 0 Å². The zero-order valence-corrected chi connectivity index (χ0v) is 12.4. The maximum atomic E-state index is 12.6. The number of nitrogens with one attached hydrogen (secondary N) is 1. The van der Waals surface area contributed by atoms with E-state index < -0.39 is 34.1 Å². The Labute approximate surface area is 133 Å². The molecular weight excluding hydrogens is 333 g/mol. The van der Waals surface area contributed by atoms with Gasteiger partial charge in [0.1, 0.15) is 17.1 Å². The van der Waals surface area contributed by atoms with Crippen molar-refractivity contribution in [3.63, 3.8) is 0 Å². The maximum absolute atomic E-state index is 12.6. The Morgan fingerprint density at radius 1 is 1.38 bits per heavy atom. The summed E-state index contributed by atoms with van der Waals surface area (Å²) in [5.74, 6) is -0.770. The molecule has 2 aromatic rings. The summed E-state index contributed by atoms with van der Waals surface area (Å²) in [5.41, 5.74) is -2.27. The molecule has 0 atom stereocenters. The fraction of sp³-hybridized carbons (Fsp3) is 0.231. The van der Waals surface area contributed by atoms with Crippen LogP contribution in [-0.2, 0) is 13.2 Å². The van der Waals surface area contributed by atoms with E-state index in [4.69, 9.17) is 4.74 Å². The summed E-state index contributed by atoms with van der Waals surface area (Å²) >= 11 is 0. The third kappa shape index (κ3) is 3.45. The van der Waals surface area contributed by atoms with E-state index in [2.05, 4.69) is 10.4 Å². The van der Waals surface area contributed by atoms with Crippen LogP contribution in [0.5, 0.6) is 5.75 Å². The average Bonchev–Trinajstić information content (AvgIpc) is 2.89. The summed E-state index contributed by atoms with van der Waals surface area (Å²) in [7, 11) is 2.47. The molecule has 0 unspecified atom stereocenters. The Bertz CT molecular complexity index is 801. The molecule has 0 bridgehead atoms. The van der Waals surface area contributed by atoms with Gasteiger partial charge in [-0.3, -0.25) is 19.6 Å². The maximum Gasteiger partial charge on any atom is 0.435 e. The number of ether oxygens (including phenoxy) is 1. The molecule has 8 nitrogen and oxygen atoms in total. The van der Waals surface area contributed by atoms with Crippen molar-refractivity contribution in [1.82, 2.24) is 9.78 Å². The van der Waals surface area contributed by atoms with Crippen molar-refractivity contribution in [3.05, 3.63) is 45.8 Å². The second kappa shape index (κ2) is 6.18. The molecule has 0 aliphatic rings. The zero-order chi connectivity index (χ0) is 18.1. The van der Waals surface area contributed by atoms with Gasteiger partial charge in [-0.25, -0.2) is 0 Å². The fourth-order valence-electron chi connectivity index (χ4n) is 1.90. The normalized spacial score (nSPS) is 11.2. The molecule has 0 spiro atoms. The second-order valence-corrected chi connectivity index (χ2v) is 4.63. The smallest absolute Gasteiger partial charge is 0.435 e. The van der Waals surface area contributed by atoms with Gasteiger partial charge in [0.2, 0.25) is 0 Å². The number of halogens is 3. The number of nitrogens with zero attached hydrogens (tertiary/aromatic N) is 3. The van der Waals surface area contributed by atoms with Gasteiger partial charge in [0.15, 0.2) is 5.69 Å². The van der Waals surface area contributed by atoms with E-state index in [0.717, 1.165) is 17.8 Å². The minimum atomic E-state index is -4.71. The Morgan fingerprint density at radius 2 is 2.04 bits per heavy atom. The van der Waals surface area contributed by atoms with Gasteiger partial charge in [0.05, 0.1) is 18.1 Å². The summed E-state index contributed by atoms with van der Waals surface area (Å²) in [6, 6.07) is 4.23. The lowest BCUT2D eigenvalue weighted by molar-refractivity contribution is -0.384. The van der Waals surface area contributed by atoms with E-state index in [0.29, 0.717) is 6.07 Å². The van der Waals surface area contributed by atoms with E-state index in [9.17, 15) is 28.1 Å². The Morgan fingerprint density at radius 3 is 2.54 bits per heavy atom. The van der Waals surface area contributed by atoms with Crippen molar-refractivity contribution < 1.29 is 27.6 Å². The van der Waals surface area contributed by atoms with Gasteiger partial charge in [0, 0.05) is 13.1 Å². The first-order chi connectivity index (χ1) is 11.1. The molecule has 128 valence electrons. The number of anilines is 1. The number of nitro groups is 1. The first-order valence-electron chi connectivity index (χ1n) is 6.38. The van der Waals surface area contributed by atoms with Crippen molar-refractivity contribution in [2.24, 2.45) is 7.05 Å². The van der Waals surface area contributed by atoms with Crippen molar-refractivity contribution in [3.8, 4) is 5.75 Å². The number of aryl methyl sites for hydroxylation is 1. The molecule has 1 amide bonds. The lowest BCUT2D eigenvalue weighted by Gasteiger charge is -2.07. The number of amides is 1. The molecule has 1 aromatic heterocycles. The molecule has 0 saturated carbocycles. The Balaban J connectivity index is 2.34. The number of carbonyl (C=O) groups is 1. The third-order valence-corrected chi connectivity index (χ3v) is 3.05. The lowest BCUT2D eigenvalue weighted by Crippen LogP contribution is -2.16. The molecule has 24 heavy (non-hydrogen) atoms. The highest BCUT2D eigenvalue weighted by atomic mass is 19.4. The quantitative estimate of drug-likeness (QED) is 0.679. The minimum absolute atomic E-state index is 0.180. The number of benzene rings is 1. The van der Waals surface area contributed by atoms with Crippen molar-refractivity contribution in [1.29, 1.82) is 0 Å². The van der Waals surface area contributed by atoms with Crippen LogP contribution in [0.1, 0.15) is 16.2 Å². The molecule has 0 saturated heterocycles. The molecule has 0 aliphatic carbocycles. The van der Waals surface area contributed by atoms with Crippen LogP contribution in [0.2, 0.25) is 0 Å². The monoisotopic (exact) mass is 344 g/mol. The lowest BCUT2D eigenvalue weighted by atomic mass is 10.2. The van der Waals surface area contributed by atoms with Gasteiger partial charge < -0.3 is 10.1 Å². The summed E-state index contributed by atoms with van der Waals surface area (Å²) in [6.45, 7) is 0. The first-order valence-corrected chi connectivity index (χ1v) is 6.38. The highest BCUT2D eigenvalue weighted by Crippen LogP contribution is 2.31. The van der Waals surface area contributed by atoms with Crippen LogP contribution in [0, 0.1) is 10.1 Å². The fourth-order valence-corrected chi connectivity index (χ4v) is 1.90. The molecule has 11 heteroatoms. The number of methoxy groups -OCH3 is 1. The summed E-state index contributed by atoms with van der Waals surface area (Å²) < 4.78 is 43.4. The average molecular weight is 344 g/mol. The molecule has 1 aromatic carbocycles. The van der Waals surface area contributed by atoms with Crippen LogP contribution in [0.25, 0.3) is 0 Å². The van der Waals surface area contributed by atoms with Crippen LogP contribution in [0.15, 0.2) is 24.3 Å². The van der Waals surface area contributed by atoms with Crippen LogP contribution in [0.3, 0.4) is 0 Å². The predicted octanol–water partition coefficient (Wildman–Crippen LogP) is 2.61. The number of carbonyl (C=O) groups excluding carboxylic acids is 1. The Hall–Kier alpha value is -3.11. The SMILES string of the molecule is COc1ccc(NC(=O)c2cc(C(F)(F)F)nn2C)c([N+](=O)[O-])c1. The van der Waals surface area contributed by atoms with Crippen molar-refractivity contribution >= 4 is 17.3 Å².